The third kappa shape index (κ3) is 4.67. The summed E-state index contributed by atoms with van der Waals surface area (Å²) in [6, 6.07) is 13.5. The van der Waals surface area contributed by atoms with Crippen molar-refractivity contribution >= 4 is 44.2 Å². The van der Waals surface area contributed by atoms with Gasteiger partial charge in [0, 0.05) is 26.2 Å². The van der Waals surface area contributed by atoms with Gasteiger partial charge in [-0.15, -0.1) is 0 Å². The van der Waals surface area contributed by atoms with Gasteiger partial charge < -0.3 is 4.74 Å². The Bertz CT molecular complexity index is 1020. The summed E-state index contributed by atoms with van der Waals surface area (Å²) >= 11 is 7.91. The van der Waals surface area contributed by atoms with E-state index in [2.05, 4.69) is 30.0 Å². The van der Waals surface area contributed by atoms with Crippen molar-refractivity contribution in [2.75, 3.05) is 44.3 Å². The molecule has 1 saturated heterocycles. The first-order valence-electron chi connectivity index (χ1n) is 10.4. The predicted octanol–water partition coefficient (Wildman–Crippen LogP) is 4.88. The summed E-state index contributed by atoms with van der Waals surface area (Å²) in [5.74, 6) is -0.0975. The minimum Gasteiger partial charge on any atom is -0.379 e. The molecule has 0 spiro atoms. The molecule has 30 heavy (non-hydrogen) atoms. The van der Waals surface area contributed by atoms with Gasteiger partial charge in [0.25, 0.3) is 5.91 Å². The Kier molecular flexibility index (Phi) is 7.00. The lowest BCUT2D eigenvalue weighted by molar-refractivity contribution is 0.0376. The van der Waals surface area contributed by atoms with Gasteiger partial charge in [0.05, 0.1) is 34.0 Å². The van der Waals surface area contributed by atoms with E-state index in [1.807, 2.05) is 12.1 Å². The molecule has 0 atom stereocenters. The first-order valence-corrected chi connectivity index (χ1v) is 11.6. The SMILES string of the molecule is CCc1cccc2sc(N(CCCN3CCOCC3)C(=O)c3ccccc3Cl)nc12. The van der Waals surface area contributed by atoms with Crippen LogP contribution in [-0.4, -0.2) is 55.2 Å². The van der Waals surface area contributed by atoms with Crippen LogP contribution in [0.15, 0.2) is 42.5 Å². The second-order valence-electron chi connectivity index (χ2n) is 7.36. The van der Waals surface area contributed by atoms with Gasteiger partial charge in [-0.2, -0.15) is 0 Å². The number of nitrogens with zero attached hydrogens (tertiary/aromatic N) is 3. The average Bonchev–Trinajstić information content (AvgIpc) is 3.21. The van der Waals surface area contributed by atoms with Crippen LogP contribution in [0.1, 0.15) is 29.3 Å². The molecule has 0 saturated carbocycles. The fourth-order valence-electron chi connectivity index (χ4n) is 3.74. The van der Waals surface area contributed by atoms with Crippen LogP contribution in [0.25, 0.3) is 10.2 Å². The Morgan fingerprint density at radius 1 is 1.20 bits per heavy atom. The van der Waals surface area contributed by atoms with Crippen LogP contribution in [0.3, 0.4) is 0 Å². The van der Waals surface area contributed by atoms with E-state index in [0.717, 1.165) is 61.0 Å². The van der Waals surface area contributed by atoms with E-state index in [0.29, 0.717) is 17.1 Å². The number of rotatable bonds is 7. The Morgan fingerprint density at radius 3 is 2.77 bits per heavy atom. The first-order chi connectivity index (χ1) is 14.7. The fourth-order valence-corrected chi connectivity index (χ4v) is 4.99. The number of halogens is 1. The van der Waals surface area contributed by atoms with Crippen LogP contribution in [0.4, 0.5) is 5.13 Å². The molecule has 1 fully saturated rings. The van der Waals surface area contributed by atoms with E-state index in [-0.39, 0.29) is 5.91 Å². The molecule has 0 bridgehead atoms. The molecule has 1 aromatic heterocycles. The fraction of sp³-hybridized carbons (Fsp3) is 0.391. The highest BCUT2D eigenvalue weighted by molar-refractivity contribution is 7.22. The molecule has 3 aromatic rings. The molecule has 2 heterocycles. The van der Waals surface area contributed by atoms with E-state index in [1.165, 1.54) is 5.56 Å². The zero-order chi connectivity index (χ0) is 20.9. The summed E-state index contributed by atoms with van der Waals surface area (Å²) in [6.07, 6.45) is 1.78. The molecule has 0 N–H and O–H groups in total. The topological polar surface area (TPSA) is 45.7 Å². The summed E-state index contributed by atoms with van der Waals surface area (Å²) in [6.45, 7) is 7.10. The lowest BCUT2D eigenvalue weighted by atomic mass is 10.1. The molecule has 0 radical (unpaired) electrons. The third-order valence-corrected chi connectivity index (χ3v) is 6.79. The lowest BCUT2D eigenvalue weighted by Gasteiger charge is -2.27. The van der Waals surface area contributed by atoms with Gasteiger partial charge >= 0.3 is 0 Å². The van der Waals surface area contributed by atoms with Crippen LogP contribution >= 0.6 is 22.9 Å². The smallest absolute Gasteiger partial charge is 0.261 e. The van der Waals surface area contributed by atoms with Gasteiger partial charge in [-0.1, -0.05) is 54.1 Å². The lowest BCUT2D eigenvalue weighted by Crippen LogP contribution is -2.39. The van der Waals surface area contributed by atoms with Crippen molar-refractivity contribution in [1.29, 1.82) is 0 Å². The maximum absolute atomic E-state index is 13.5. The number of aromatic nitrogens is 1. The Labute approximate surface area is 186 Å². The summed E-state index contributed by atoms with van der Waals surface area (Å²) in [4.78, 5) is 22.5. The quantitative estimate of drug-likeness (QED) is 0.522. The van der Waals surface area contributed by atoms with E-state index in [1.54, 1.807) is 28.4 Å². The van der Waals surface area contributed by atoms with E-state index < -0.39 is 0 Å². The molecule has 1 aliphatic heterocycles. The van der Waals surface area contributed by atoms with Gasteiger partial charge in [-0.25, -0.2) is 4.98 Å². The summed E-state index contributed by atoms with van der Waals surface area (Å²) in [7, 11) is 0. The molecule has 0 unspecified atom stereocenters. The minimum absolute atomic E-state index is 0.0975. The molecule has 1 amide bonds. The zero-order valence-corrected chi connectivity index (χ0v) is 18.7. The summed E-state index contributed by atoms with van der Waals surface area (Å²) < 4.78 is 6.54. The van der Waals surface area contributed by atoms with Crippen LogP contribution in [0.2, 0.25) is 5.02 Å². The van der Waals surface area contributed by atoms with Gasteiger partial charge in [0.1, 0.15) is 0 Å². The monoisotopic (exact) mass is 443 g/mol. The molecule has 158 valence electrons. The van der Waals surface area contributed by atoms with Gasteiger partial charge in [-0.05, 0) is 36.6 Å². The molecule has 7 heteroatoms. The average molecular weight is 444 g/mol. The standard InChI is InChI=1S/C23H26ClN3O2S/c1-2-17-7-5-10-20-21(17)25-23(30-20)27(12-6-11-26-13-15-29-16-14-26)22(28)18-8-3-4-9-19(18)24/h3-5,7-10H,2,6,11-16H2,1H3. The number of para-hydroxylation sites is 1. The highest BCUT2D eigenvalue weighted by atomic mass is 35.5. The van der Waals surface area contributed by atoms with Crippen molar-refractivity contribution in [3.8, 4) is 0 Å². The van der Waals surface area contributed by atoms with Crippen LogP contribution in [0, 0.1) is 0 Å². The van der Waals surface area contributed by atoms with Gasteiger partial charge in [0.2, 0.25) is 0 Å². The van der Waals surface area contributed by atoms with Crippen molar-refractivity contribution in [2.24, 2.45) is 0 Å². The van der Waals surface area contributed by atoms with E-state index in [9.17, 15) is 4.79 Å². The third-order valence-electron chi connectivity index (χ3n) is 5.41. The largest absolute Gasteiger partial charge is 0.379 e. The number of thiazole rings is 1. The van der Waals surface area contributed by atoms with Crippen LogP contribution in [-0.2, 0) is 11.2 Å². The number of fused-ring (bicyclic) bond motifs is 1. The second-order valence-corrected chi connectivity index (χ2v) is 8.77. The first kappa shape index (κ1) is 21.2. The highest BCUT2D eigenvalue weighted by Crippen LogP contribution is 2.32. The number of ether oxygens (including phenoxy) is 1. The number of hydrogen-bond donors (Lipinski definition) is 0. The zero-order valence-electron chi connectivity index (χ0n) is 17.1. The second kappa shape index (κ2) is 9.88. The maximum Gasteiger partial charge on any atom is 0.261 e. The molecule has 5 nitrogen and oxygen atoms in total. The van der Waals surface area contributed by atoms with Crippen molar-refractivity contribution in [3.63, 3.8) is 0 Å². The Morgan fingerprint density at radius 2 is 2.00 bits per heavy atom. The number of amides is 1. The number of benzene rings is 2. The molecule has 0 aliphatic carbocycles. The van der Waals surface area contributed by atoms with Crippen molar-refractivity contribution in [3.05, 3.63) is 58.6 Å². The minimum atomic E-state index is -0.0975. The van der Waals surface area contributed by atoms with E-state index >= 15 is 0 Å². The van der Waals surface area contributed by atoms with Gasteiger partial charge in [0.15, 0.2) is 5.13 Å². The summed E-state index contributed by atoms with van der Waals surface area (Å²) in [5, 5.41) is 1.20. The maximum atomic E-state index is 13.5. The molecule has 1 aliphatic rings. The van der Waals surface area contributed by atoms with Crippen molar-refractivity contribution < 1.29 is 9.53 Å². The number of carbonyl (C=O) groups excluding carboxylic acids is 1. The Hall–Kier alpha value is -1.99. The van der Waals surface area contributed by atoms with Crippen LogP contribution in [0.5, 0.6) is 0 Å². The molecule has 2 aromatic carbocycles. The number of aryl methyl sites for hydroxylation is 1. The predicted molar refractivity (Wildman–Crippen MR) is 124 cm³/mol. The molecular weight excluding hydrogens is 418 g/mol. The number of morpholine rings is 1. The number of carbonyl (C=O) groups is 1. The molecule has 4 rings (SSSR count). The Balaban J connectivity index is 1.61. The van der Waals surface area contributed by atoms with Crippen molar-refractivity contribution in [1.82, 2.24) is 9.88 Å². The number of anilines is 1. The van der Waals surface area contributed by atoms with Crippen molar-refractivity contribution in [2.45, 2.75) is 19.8 Å². The number of hydrogen-bond acceptors (Lipinski definition) is 5. The van der Waals surface area contributed by atoms with E-state index in [4.69, 9.17) is 21.3 Å². The highest BCUT2D eigenvalue weighted by Gasteiger charge is 2.23. The molecular formula is C23H26ClN3O2S. The van der Waals surface area contributed by atoms with Gasteiger partial charge in [-0.3, -0.25) is 14.6 Å². The normalized spacial score (nSPS) is 14.9. The summed E-state index contributed by atoms with van der Waals surface area (Å²) in [5.41, 5.74) is 2.71. The van der Waals surface area contributed by atoms with Crippen LogP contribution < -0.4 is 4.90 Å².